The van der Waals surface area contributed by atoms with Gasteiger partial charge in [-0.2, -0.15) is 0 Å². The van der Waals surface area contributed by atoms with Gasteiger partial charge < -0.3 is 10.1 Å². The lowest BCUT2D eigenvalue weighted by Crippen LogP contribution is -2.25. The zero-order chi connectivity index (χ0) is 18.7. The number of nitrogens with one attached hydrogen (secondary N) is 2. The van der Waals surface area contributed by atoms with Crippen molar-refractivity contribution in [2.45, 2.75) is 33.2 Å². The minimum atomic E-state index is -0.283. The molecule has 2 aromatic heterocycles. The molecule has 0 fully saturated rings. The van der Waals surface area contributed by atoms with E-state index in [4.69, 9.17) is 4.74 Å². The number of carbonyl (C=O) groups excluding carboxylic acids is 1. The molecule has 0 aliphatic carbocycles. The molecule has 0 aliphatic heterocycles. The van der Waals surface area contributed by atoms with Gasteiger partial charge in [0.2, 0.25) is 0 Å². The summed E-state index contributed by atoms with van der Waals surface area (Å²) in [5, 5.41) is 5.70. The number of aromatic nitrogens is 3. The first-order chi connectivity index (χ1) is 12.5. The predicted molar refractivity (Wildman–Crippen MR) is 98.7 cm³/mol. The van der Waals surface area contributed by atoms with Crippen molar-refractivity contribution in [3.63, 3.8) is 0 Å². The number of carbonyl (C=O) groups is 1. The molecule has 1 aromatic carbocycles. The molecule has 0 aliphatic rings. The maximum absolute atomic E-state index is 12.6. The highest BCUT2D eigenvalue weighted by Crippen LogP contribution is 2.13. The van der Waals surface area contributed by atoms with E-state index in [1.54, 1.807) is 14.0 Å². The first-order valence-electron chi connectivity index (χ1n) is 8.56. The highest BCUT2D eigenvalue weighted by Gasteiger charge is 2.17. The first-order valence-corrected chi connectivity index (χ1v) is 8.56. The van der Waals surface area contributed by atoms with E-state index < -0.39 is 0 Å². The van der Waals surface area contributed by atoms with E-state index in [0.717, 1.165) is 17.7 Å². The molecule has 3 rings (SSSR count). The Hall–Kier alpha value is -3.09. The Morgan fingerprint density at radius 3 is 2.69 bits per heavy atom. The number of H-pyrrole nitrogens is 1. The number of methoxy groups -OCH3 is 1. The number of amides is 1. The largest absolute Gasteiger partial charge is 0.497 e. The number of ether oxygens (including phenoxy) is 1. The first kappa shape index (κ1) is 17.7. The van der Waals surface area contributed by atoms with Crippen LogP contribution in [-0.4, -0.2) is 27.6 Å². The highest BCUT2D eigenvalue weighted by atomic mass is 16.5. The lowest BCUT2D eigenvalue weighted by Gasteiger charge is -2.07. The third-order valence-electron chi connectivity index (χ3n) is 4.32. The van der Waals surface area contributed by atoms with Gasteiger partial charge in [0.25, 0.3) is 11.5 Å². The average Bonchev–Trinajstić information content (AvgIpc) is 3.07. The molecule has 26 heavy (non-hydrogen) atoms. The van der Waals surface area contributed by atoms with Gasteiger partial charge in [-0.3, -0.25) is 14.7 Å². The van der Waals surface area contributed by atoms with Crippen LogP contribution in [0.1, 0.15) is 40.5 Å². The standard InChI is InChI=1S/C19H22N4O3/c1-4-5-15-12(2)22-17-16(11-21-23(17)19(15)25)18(24)20-10-13-6-8-14(26-3)9-7-13/h6-9,11,21H,4-5,10H2,1-3H3,(H,20,24). The number of rotatable bonds is 6. The number of nitrogens with zero attached hydrogens (tertiary/aromatic N) is 2. The molecule has 0 unspecified atom stereocenters. The summed E-state index contributed by atoms with van der Waals surface area (Å²) in [5.41, 5.74) is 2.84. The van der Waals surface area contributed by atoms with Gasteiger partial charge in [-0.1, -0.05) is 25.5 Å². The van der Waals surface area contributed by atoms with Gasteiger partial charge in [-0.05, 0) is 31.0 Å². The minimum absolute atomic E-state index is 0.149. The fourth-order valence-electron chi connectivity index (χ4n) is 2.88. The van der Waals surface area contributed by atoms with E-state index in [-0.39, 0.29) is 11.5 Å². The fraction of sp³-hybridized carbons (Fsp3) is 0.316. The Morgan fingerprint density at radius 1 is 1.31 bits per heavy atom. The maximum atomic E-state index is 12.6. The van der Waals surface area contributed by atoms with Crippen LogP contribution < -0.4 is 15.6 Å². The quantitative estimate of drug-likeness (QED) is 0.710. The molecular weight excluding hydrogens is 332 g/mol. The van der Waals surface area contributed by atoms with Crippen molar-refractivity contribution in [1.82, 2.24) is 19.9 Å². The summed E-state index contributed by atoms with van der Waals surface area (Å²) in [6, 6.07) is 7.45. The highest BCUT2D eigenvalue weighted by molar-refractivity contribution is 5.99. The number of benzene rings is 1. The second kappa shape index (κ2) is 7.43. The molecule has 3 aromatic rings. The molecular formula is C19H22N4O3. The Kier molecular flexibility index (Phi) is 5.06. The van der Waals surface area contributed by atoms with Gasteiger partial charge in [0, 0.05) is 24.0 Å². The molecule has 2 heterocycles. The second-order valence-corrected chi connectivity index (χ2v) is 6.11. The Morgan fingerprint density at radius 2 is 2.04 bits per heavy atom. The third kappa shape index (κ3) is 3.33. The molecule has 1 amide bonds. The van der Waals surface area contributed by atoms with E-state index in [1.807, 2.05) is 31.2 Å². The predicted octanol–water partition coefficient (Wildman–Crippen LogP) is 2.22. The van der Waals surface area contributed by atoms with Crippen LogP contribution in [0, 0.1) is 6.92 Å². The van der Waals surface area contributed by atoms with E-state index in [2.05, 4.69) is 15.4 Å². The average molecular weight is 354 g/mol. The number of aromatic amines is 1. The molecule has 0 spiro atoms. The van der Waals surface area contributed by atoms with Crippen LogP contribution in [-0.2, 0) is 13.0 Å². The minimum Gasteiger partial charge on any atom is -0.497 e. The van der Waals surface area contributed by atoms with Crippen LogP contribution in [0.4, 0.5) is 0 Å². The Balaban J connectivity index is 1.83. The molecule has 136 valence electrons. The van der Waals surface area contributed by atoms with Crippen LogP contribution in [0.25, 0.3) is 5.65 Å². The third-order valence-corrected chi connectivity index (χ3v) is 4.32. The van der Waals surface area contributed by atoms with Gasteiger partial charge in [0.1, 0.15) is 11.3 Å². The van der Waals surface area contributed by atoms with E-state index in [1.165, 1.54) is 10.7 Å². The second-order valence-electron chi connectivity index (χ2n) is 6.11. The van der Waals surface area contributed by atoms with Crippen LogP contribution >= 0.6 is 0 Å². The molecule has 0 saturated carbocycles. The van der Waals surface area contributed by atoms with Crippen molar-refractivity contribution < 1.29 is 9.53 Å². The summed E-state index contributed by atoms with van der Waals surface area (Å²) in [4.78, 5) is 29.6. The van der Waals surface area contributed by atoms with Crippen LogP contribution in [0.2, 0.25) is 0 Å². The van der Waals surface area contributed by atoms with Crippen LogP contribution in [0.3, 0.4) is 0 Å². The summed E-state index contributed by atoms with van der Waals surface area (Å²) >= 11 is 0. The van der Waals surface area contributed by atoms with Gasteiger partial charge in [0.05, 0.1) is 7.11 Å². The topological polar surface area (TPSA) is 88.5 Å². The van der Waals surface area contributed by atoms with Crippen LogP contribution in [0.15, 0.2) is 35.3 Å². The summed E-state index contributed by atoms with van der Waals surface area (Å²) in [6.07, 6.45) is 3.04. The van der Waals surface area contributed by atoms with Crippen molar-refractivity contribution in [2.75, 3.05) is 7.11 Å². The fourth-order valence-corrected chi connectivity index (χ4v) is 2.88. The zero-order valence-electron chi connectivity index (χ0n) is 15.1. The van der Waals surface area contributed by atoms with Gasteiger partial charge in [0.15, 0.2) is 5.65 Å². The number of hydrogen-bond donors (Lipinski definition) is 2. The van der Waals surface area contributed by atoms with Crippen LogP contribution in [0.5, 0.6) is 5.75 Å². The number of aryl methyl sites for hydroxylation is 1. The number of hydrogen-bond acceptors (Lipinski definition) is 4. The molecule has 0 radical (unpaired) electrons. The molecule has 0 saturated heterocycles. The molecule has 0 atom stereocenters. The molecule has 7 heteroatoms. The van der Waals surface area contributed by atoms with Crippen molar-refractivity contribution in [1.29, 1.82) is 0 Å². The SMILES string of the molecule is CCCc1c(C)nc2c(C(=O)NCc3ccc(OC)cc3)c[nH]n2c1=O. The van der Waals surface area contributed by atoms with E-state index >= 15 is 0 Å². The van der Waals surface area contributed by atoms with Gasteiger partial charge >= 0.3 is 0 Å². The van der Waals surface area contributed by atoms with E-state index in [9.17, 15) is 9.59 Å². The van der Waals surface area contributed by atoms with Crippen molar-refractivity contribution in [3.8, 4) is 5.75 Å². The maximum Gasteiger partial charge on any atom is 0.276 e. The van der Waals surface area contributed by atoms with Gasteiger partial charge in [-0.15, -0.1) is 0 Å². The van der Waals surface area contributed by atoms with Crippen molar-refractivity contribution >= 4 is 11.6 Å². The summed E-state index contributed by atoms with van der Waals surface area (Å²) in [5.74, 6) is 0.479. The monoisotopic (exact) mass is 354 g/mol. The Labute approximate surface area is 151 Å². The lowest BCUT2D eigenvalue weighted by atomic mass is 10.1. The number of fused-ring (bicyclic) bond motifs is 1. The summed E-state index contributed by atoms with van der Waals surface area (Å²) in [7, 11) is 1.61. The van der Waals surface area contributed by atoms with Crippen molar-refractivity contribution in [3.05, 3.63) is 63.2 Å². The summed E-state index contributed by atoms with van der Waals surface area (Å²) in [6.45, 7) is 4.19. The zero-order valence-corrected chi connectivity index (χ0v) is 15.1. The van der Waals surface area contributed by atoms with Crippen molar-refractivity contribution in [2.24, 2.45) is 0 Å². The molecule has 7 nitrogen and oxygen atoms in total. The smallest absolute Gasteiger partial charge is 0.276 e. The normalized spacial score (nSPS) is 10.9. The summed E-state index contributed by atoms with van der Waals surface area (Å²) < 4.78 is 6.45. The Bertz CT molecular complexity index is 986. The van der Waals surface area contributed by atoms with E-state index in [0.29, 0.717) is 35.4 Å². The van der Waals surface area contributed by atoms with Gasteiger partial charge in [-0.25, -0.2) is 9.50 Å². The lowest BCUT2D eigenvalue weighted by molar-refractivity contribution is 0.0952. The molecule has 2 N–H and O–H groups in total. The molecule has 0 bridgehead atoms.